The summed E-state index contributed by atoms with van der Waals surface area (Å²) in [5.74, 6) is 0.428. The number of quaternary nitrogens is 1. The Labute approximate surface area is 187 Å². The van der Waals surface area contributed by atoms with Gasteiger partial charge in [0.25, 0.3) is 5.91 Å². The van der Waals surface area contributed by atoms with Crippen molar-refractivity contribution in [3.63, 3.8) is 0 Å². The van der Waals surface area contributed by atoms with Gasteiger partial charge in [0.15, 0.2) is 0 Å². The number of thiophene rings is 1. The van der Waals surface area contributed by atoms with Crippen LogP contribution in [0, 0.1) is 11.7 Å². The summed E-state index contributed by atoms with van der Waals surface area (Å²) in [4.78, 5) is 15.7. The molecule has 4 rings (SSSR count). The predicted molar refractivity (Wildman–Crippen MR) is 125 cm³/mol. The number of carbonyl (C=O) groups is 1. The monoisotopic (exact) mass is 437 g/mol. The van der Waals surface area contributed by atoms with Crippen molar-refractivity contribution in [3.05, 3.63) is 88.0 Å². The number of anilines is 1. The lowest BCUT2D eigenvalue weighted by molar-refractivity contribution is -0.931. The number of likely N-dealkylation sites (tertiary alicyclic amines) is 1. The molecule has 0 unspecified atom stereocenters. The van der Waals surface area contributed by atoms with E-state index in [1.165, 1.54) is 22.6 Å². The van der Waals surface area contributed by atoms with Crippen molar-refractivity contribution in [2.45, 2.75) is 39.2 Å². The highest BCUT2D eigenvalue weighted by Crippen LogP contribution is 2.35. The largest absolute Gasteiger partial charge is 0.325 e. The maximum absolute atomic E-state index is 13.7. The summed E-state index contributed by atoms with van der Waals surface area (Å²) in [6.07, 6.45) is 3.29. The van der Waals surface area contributed by atoms with Crippen molar-refractivity contribution in [2.75, 3.05) is 18.4 Å². The average Bonchev–Trinajstić information content (AvgIpc) is 3.19. The van der Waals surface area contributed by atoms with E-state index in [0.717, 1.165) is 41.6 Å². The molecule has 1 aliphatic heterocycles. The number of aryl methyl sites for hydroxylation is 1. The molecule has 162 valence electrons. The van der Waals surface area contributed by atoms with E-state index in [0.29, 0.717) is 5.56 Å². The number of nitrogens with one attached hydrogen (secondary N) is 2. The fourth-order valence-corrected chi connectivity index (χ4v) is 5.45. The Morgan fingerprint density at radius 2 is 1.81 bits per heavy atom. The topological polar surface area (TPSA) is 33.5 Å². The summed E-state index contributed by atoms with van der Waals surface area (Å²) >= 11 is 1.65. The molecule has 1 amide bonds. The normalized spacial score (nSPS) is 19.7. The van der Waals surface area contributed by atoms with Gasteiger partial charge in [-0.1, -0.05) is 32.0 Å². The second-order valence-corrected chi connectivity index (χ2v) is 9.63. The third kappa shape index (κ3) is 5.05. The summed E-state index contributed by atoms with van der Waals surface area (Å²) in [5.41, 5.74) is 2.89. The zero-order chi connectivity index (χ0) is 21.8. The lowest BCUT2D eigenvalue weighted by Crippen LogP contribution is -3.13. The highest BCUT2D eigenvalue weighted by molar-refractivity contribution is 7.16. The maximum Gasteiger partial charge on any atom is 0.256 e. The van der Waals surface area contributed by atoms with Gasteiger partial charge in [0.2, 0.25) is 0 Å². The van der Waals surface area contributed by atoms with Gasteiger partial charge >= 0.3 is 0 Å². The molecule has 1 atom stereocenters. The molecule has 2 heterocycles. The van der Waals surface area contributed by atoms with Crippen LogP contribution in [0.4, 0.5) is 9.39 Å². The van der Waals surface area contributed by atoms with Gasteiger partial charge in [0.1, 0.15) is 16.9 Å². The first-order chi connectivity index (χ1) is 15.0. The molecule has 1 aliphatic rings. The molecule has 0 saturated carbocycles. The molecule has 0 bridgehead atoms. The van der Waals surface area contributed by atoms with Crippen LogP contribution in [0.5, 0.6) is 0 Å². The lowest BCUT2D eigenvalue weighted by atomic mass is 9.92. The number of hydrogen-bond acceptors (Lipinski definition) is 2. The molecule has 2 N–H and O–H groups in total. The molecule has 1 saturated heterocycles. The summed E-state index contributed by atoms with van der Waals surface area (Å²) in [6.45, 7) is 6.61. The van der Waals surface area contributed by atoms with Crippen molar-refractivity contribution in [1.29, 1.82) is 0 Å². The minimum Gasteiger partial charge on any atom is -0.325 e. The summed E-state index contributed by atoms with van der Waals surface area (Å²) in [7, 11) is 0. The molecular weight excluding hydrogens is 407 g/mol. The van der Waals surface area contributed by atoms with Crippen molar-refractivity contribution >= 4 is 22.2 Å². The molecule has 0 spiro atoms. The zero-order valence-corrected chi connectivity index (χ0v) is 19.0. The number of halogens is 1. The van der Waals surface area contributed by atoms with Gasteiger partial charge in [-0.2, -0.15) is 0 Å². The van der Waals surface area contributed by atoms with E-state index in [9.17, 15) is 9.18 Å². The molecule has 1 aromatic heterocycles. The van der Waals surface area contributed by atoms with Crippen molar-refractivity contribution in [3.8, 4) is 0 Å². The van der Waals surface area contributed by atoms with Gasteiger partial charge in [-0.05, 0) is 67.6 Å². The van der Waals surface area contributed by atoms with E-state index >= 15 is 0 Å². The van der Waals surface area contributed by atoms with Crippen LogP contribution in [0.15, 0.2) is 60.7 Å². The number of hydrogen-bond donors (Lipinski definition) is 2. The standard InChI is InChI=1S/C26H29FN2OS/c1-3-22-17-23(26(31-22)28-25(30)20-7-5-4-6-8-20)24(19-9-11-21(27)12-10-19)29-15-13-18(2)14-16-29/h4-12,17-18,24H,3,13-16H2,1-2H3,(H,28,30)/p+1/t24-/m1/s1. The number of rotatable bonds is 6. The van der Waals surface area contributed by atoms with E-state index < -0.39 is 0 Å². The van der Waals surface area contributed by atoms with E-state index in [1.807, 2.05) is 42.5 Å². The van der Waals surface area contributed by atoms with Crippen LogP contribution in [-0.2, 0) is 6.42 Å². The lowest BCUT2D eigenvalue weighted by Gasteiger charge is -2.34. The van der Waals surface area contributed by atoms with E-state index in [1.54, 1.807) is 23.5 Å². The quantitative estimate of drug-likeness (QED) is 0.552. The van der Waals surface area contributed by atoms with Gasteiger partial charge in [-0.3, -0.25) is 4.79 Å². The van der Waals surface area contributed by atoms with E-state index in [4.69, 9.17) is 0 Å². The smallest absolute Gasteiger partial charge is 0.256 e. The molecular formula is C26H30FN2OS+. The van der Waals surface area contributed by atoms with Crippen LogP contribution in [0.3, 0.4) is 0 Å². The Morgan fingerprint density at radius 1 is 1.13 bits per heavy atom. The highest BCUT2D eigenvalue weighted by Gasteiger charge is 2.33. The molecule has 1 fully saturated rings. The van der Waals surface area contributed by atoms with Crippen molar-refractivity contribution in [2.24, 2.45) is 5.92 Å². The first kappa shape index (κ1) is 21.7. The molecule has 31 heavy (non-hydrogen) atoms. The Bertz CT molecular complexity index is 1010. The molecule has 0 aliphatic carbocycles. The maximum atomic E-state index is 13.7. The summed E-state index contributed by atoms with van der Waals surface area (Å²) in [6, 6.07) is 18.5. The Kier molecular flexibility index (Phi) is 6.83. The van der Waals surface area contributed by atoms with Gasteiger partial charge in [-0.15, -0.1) is 11.3 Å². The second-order valence-electron chi connectivity index (χ2n) is 8.50. The van der Waals surface area contributed by atoms with Gasteiger partial charge in [-0.25, -0.2) is 4.39 Å². The fourth-order valence-electron chi connectivity index (χ4n) is 4.42. The number of benzene rings is 2. The van der Waals surface area contributed by atoms with Crippen molar-refractivity contribution < 1.29 is 14.1 Å². The fraction of sp³-hybridized carbons (Fsp3) is 0.346. The van der Waals surface area contributed by atoms with Gasteiger partial charge < -0.3 is 10.2 Å². The first-order valence-electron chi connectivity index (χ1n) is 11.1. The van der Waals surface area contributed by atoms with Crippen LogP contribution in [-0.4, -0.2) is 19.0 Å². The van der Waals surface area contributed by atoms with Crippen LogP contribution >= 0.6 is 11.3 Å². The number of piperidine rings is 1. The minimum atomic E-state index is -0.220. The summed E-state index contributed by atoms with van der Waals surface area (Å²) in [5, 5.41) is 4.09. The summed E-state index contributed by atoms with van der Waals surface area (Å²) < 4.78 is 13.7. The van der Waals surface area contributed by atoms with E-state index in [-0.39, 0.29) is 17.8 Å². The Balaban J connectivity index is 1.72. The average molecular weight is 438 g/mol. The second kappa shape index (κ2) is 9.75. The Morgan fingerprint density at radius 3 is 2.45 bits per heavy atom. The van der Waals surface area contributed by atoms with Crippen LogP contribution in [0.2, 0.25) is 0 Å². The third-order valence-corrected chi connectivity index (χ3v) is 7.47. The van der Waals surface area contributed by atoms with Crippen molar-refractivity contribution in [1.82, 2.24) is 0 Å². The highest BCUT2D eigenvalue weighted by atomic mass is 32.1. The van der Waals surface area contributed by atoms with Gasteiger partial charge in [0.05, 0.1) is 13.1 Å². The Hall–Kier alpha value is -2.50. The van der Waals surface area contributed by atoms with Crippen LogP contribution < -0.4 is 10.2 Å². The number of amides is 1. The molecule has 0 radical (unpaired) electrons. The molecule has 5 heteroatoms. The van der Waals surface area contributed by atoms with Gasteiger partial charge in [0, 0.05) is 21.6 Å². The van der Waals surface area contributed by atoms with Crippen LogP contribution in [0.25, 0.3) is 0 Å². The zero-order valence-electron chi connectivity index (χ0n) is 18.2. The SMILES string of the molecule is CCc1cc([C@@H](c2ccc(F)cc2)[NH+]2CCC(C)CC2)c(NC(=O)c2ccccc2)s1. The van der Waals surface area contributed by atoms with Crippen LogP contribution in [0.1, 0.15) is 59.1 Å². The minimum absolute atomic E-state index is 0.0794. The molecule has 2 aromatic carbocycles. The predicted octanol–water partition coefficient (Wildman–Crippen LogP) is 5.11. The molecule has 3 nitrogen and oxygen atoms in total. The first-order valence-corrected chi connectivity index (χ1v) is 12.0. The third-order valence-electron chi connectivity index (χ3n) is 6.26. The molecule has 3 aromatic rings. The number of carbonyl (C=O) groups excluding carboxylic acids is 1. The van der Waals surface area contributed by atoms with E-state index in [2.05, 4.69) is 25.2 Å².